The van der Waals surface area contributed by atoms with Gasteiger partial charge >= 0.3 is 0 Å². The van der Waals surface area contributed by atoms with E-state index in [1.165, 1.54) is 17.2 Å². The highest BCUT2D eigenvalue weighted by molar-refractivity contribution is 6.31. The smallest absolute Gasteiger partial charge is 0.266 e. The Morgan fingerprint density at radius 2 is 1.82 bits per heavy atom. The predicted octanol–water partition coefficient (Wildman–Crippen LogP) is 6.66. The third-order valence-corrected chi connectivity index (χ3v) is 5.72. The molecule has 0 aliphatic rings. The van der Waals surface area contributed by atoms with Crippen molar-refractivity contribution in [3.63, 3.8) is 0 Å². The molecular formula is C28H27ClN2O2. The van der Waals surface area contributed by atoms with Gasteiger partial charge in [0.1, 0.15) is 17.4 Å². The molecule has 1 N–H and O–H groups in total. The second-order valence-electron chi connectivity index (χ2n) is 7.99. The SMILES string of the molecule is CCc1ccccc1NC(=O)/C(C#N)=C/c1cc(Cl)c(Cc2cc(C)cc(C)c2)c(OC)c1. The fourth-order valence-electron chi connectivity index (χ4n) is 3.90. The first kappa shape index (κ1) is 24.1. The maximum absolute atomic E-state index is 12.8. The lowest BCUT2D eigenvalue weighted by atomic mass is 9.98. The van der Waals surface area contributed by atoms with Gasteiger partial charge in [0.2, 0.25) is 0 Å². The van der Waals surface area contributed by atoms with Gasteiger partial charge in [0.15, 0.2) is 0 Å². The Bertz CT molecular complexity index is 1230. The fraction of sp³-hybridized carbons (Fsp3) is 0.214. The monoisotopic (exact) mass is 458 g/mol. The average Bonchev–Trinajstić information content (AvgIpc) is 2.78. The highest BCUT2D eigenvalue weighted by atomic mass is 35.5. The van der Waals surface area contributed by atoms with Crippen LogP contribution in [0.3, 0.4) is 0 Å². The van der Waals surface area contributed by atoms with Crippen LogP contribution in [0.1, 0.15) is 40.3 Å². The Labute approximate surface area is 200 Å². The van der Waals surface area contributed by atoms with E-state index < -0.39 is 5.91 Å². The van der Waals surface area contributed by atoms with Crippen LogP contribution in [0, 0.1) is 25.2 Å². The lowest BCUT2D eigenvalue weighted by Crippen LogP contribution is -2.14. The van der Waals surface area contributed by atoms with Gasteiger partial charge in [-0.2, -0.15) is 5.26 Å². The molecule has 0 spiro atoms. The van der Waals surface area contributed by atoms with Gasteiger partial charge in [-0.3, -0.25) is 4.79 Å². The minimum atomic E-state index is -0.465. The van der Waals surface area contributed by atoms with Gasteiger partial charge in [-0.25, -0.2) is 0 Å². The molecule has 3 rings (SSSR count). The molecule has 3 aromatic carbocycles. The Morgan fingerprint density at radius 3 is 2.45 bits per heavy atom. The van der Waals surface area contributed by atoms with Crippen molar-refractivity contribution in [2.45, 2.75) is 33.6 Å². The number of para-hydroxylation sites is 1. The first-order valence-electron chi connectivity index (χ1n) is 10.8. The number of anilines is 1. The predicted molar refractivity (Wildman–Crippen MR) is 135 cm³/mol. The minimum Gasteiger partial charge on any atom is -0.496 e. The van der Waals surface area contributed by atoms with E-state index in [-0.39, 0.29) is 5.57 Å². The van der Waals surface area contributed by atoms with Gasteiger partial charge in [0.05, 0.1) is 7.11 Å². The normalized spacial score (nSPS) is 11.1. The number of amides is 1. The Balaban J connectivity index is 1.91. The standard InChI is InChI=1S/C28H27ClN2O2/c1-5-22-8-6-7-9-26(22)31-28(32)23(17-30)13-21-15-25(29)24(27(16-21)33-4)14-20-11-18(2)10-19(3)12-20/h6-13,15-16H,5,14H2,1-4H3,(H,31,32)/b23-13+. The van der Waals surface area contributed by atoms with Gasteiger partial charge in [-0.1, -0.05) is 66.0 Å². The van der Waals surface area contributed by atoms with Crippen molar-refractivity contribution in [1.29, 1.82) is 5.26 Å². The molecule has 0 aliphatic heterocycles. The zero-order valence-corrected chi connectivity index (χ0v) is 20.1. The van der Waals surface area contributed by atoms with Crippen molar-refractivity contribution in [2.24, 2.45) is 0 Å². The molecule has 0 aliphatic carbocycles. The van der Waals surface area contributed by atoms with Crippen LogP contribution in [-0.4, -0.2) is 13.0 Å². The van der Waals surface area contributed by atoms with Crippen molar-refractivity contribution in [1.82, 2.24) is 0 Å². The molecule has 0 radical (unpaired) electrons. The van der Waals surface area contributed by atoms with Crippen molar-refractivity contribution < 1.29 is 9.53 Å². The number of methoxy groups -OCH3 is 1. The van der Waals surface area contributed by atoms with Crippen LogP contribution in [0.15, 0.2) is 60.2 Å². The molecule has 4 nitrogen and oxygen atoms in total. The maximum Gasteiger partial charge on any atom is 0.266 e. The highest BCUT2D eigenvalue weighted by Crippen LogP contribution is 2.32. The van der Waals surface area contributed by atoms with Crippen LogP contribution in [-0.2, 0) is 17.6 Å². The van der Waals surface area contributed by atoms with E-state index in [9.17, 15) is 10.1 Å². The number of nitrogens with one attached hydrogen (secondary N) is 1. The number of carbonyl (C=O) groups is 1. The molecule has 0 atom stereocenters. The van der Waals surface area contributed by atoms with Crippen molar-refractivity contribution >= 4 is 29.3 Å². The summed E-state index contributed by atoms with van der Waals surface area (Å²) in [7, 11) is 1.59. The molecule has 0 bridgehead atoms. The number of benzene rings is 3. The first-order valence-corrected chi connectivity index (χ1v) is 11.2. The molecule has 33 heavy (non-hydrogen) atoms. The lowest BCUT2D eigenvalue weighted by molar-refractivity contribution is -0.112. The largest absolute Gasteiger partial charge is 0.496 e. The molecule has 0 fully saturated rings. The van der Waals surface area contributed by atoms with Gasteiger partial charge in [-0.15, -0.1) is 0 Å². The third kappa shape index (κ3) is 6.03. The molecular weight excluding hydrogens is 432 g/mol. The molecule has 0 aromatic heterocycles. The Morgan fingerprint density at radius 1 is 1.12 bits per heavy atom. The van der Waals surface area contributed by atoms with E-state index in [0.29, 0.717) is 28.4 Å². The van der Waals surface area contributed by atoms with Gasteiger partial charge < -0.3 is 10.1 Å². The quantitative estimate of drug-likeness (QED) is 0.318. The van der Waals surface area contributed by atoms with E-state index >= 15 is 0 Å². The number of aryl methyl sites for hydroxylation is 3. The van der Waals surface area contributed by atoms with E-state index in [1.807, 2.05) is 37.3 Å². The maximum atomic E-state index is 12.8. The van der Waals surface area contributed by atoms with Crippen LogP contribution in [0.4, 0.5) is 5.69 Å². The summed E-state index contributed by atoms with van der Waals surface area (Å²) in [5.74, 6) is 0.148. The molecule has 3 aromatic rings. The first-order chi connectivity index (χ1) is 15.8. The van der Waals surface area contributed by atoms with Crippen LogP contribution >= 0.6 is 11.6 Å². The van der Waals surface area contributed by atoms with Crippen LogP contribution in [0.5, 0.6) is 5.75 Å². The number of hydrogen-bond acceptors (Lipinski definition) is 3. The molecule has 5 heteroatoms. The summed E-state index contributed by atoms with van der Waals surface area (Å²) in [4.78, 5) is 12.8. The van der Waals surface area contributed by atoms with Gasteiger partial charge in [-0.05, 0) is 61.2 Å². The molecule has 0 saturated carbocycles. The summed E-state index contributed by atoms with van der Waals surface area (Å²) in [6.45, 7) is 6.15. The van der Waals surface area contributed by atoms with Gasteiger partial charge in [0.25, 0.3) is 5.91 Å². The fourth-order valence-corrected chi connectivity index (χ4v) is 4.18. The number of rotatable bonds is 7. The third-order valence-electron chi connectivity index (χ3n) is 5.38. The second-order valence-corrected chi connectivity index (χ2v) is 8.40. The topological polar surface area (TPSA) is 62.1 Å². The van der Waals surface area contributed by atoms with Crippen LogP contribution < -0.4 is 10.1 Å². The summed E-state index contributed by atoms with van der Waals surface area (Å²) >= 11 is 6.63. The summed E-state index contributed by atoms with van der Waals surface area (Å²) in [5, 5.41) is 13.0. The van der Waals surface area contributed by atoms with Crippen molar-refractivity contribution in [2.75, 3.05) is 12.4 Å². The van der Waals surface area contributed by atoms with Gasteiger partial charge in [0, 0.05) is 22.7 Å². The van der Waals surface area contributed by atoms with Crippen LogP contribution in [0.25, 0.3) is 6.08 Å². The van der Waals surface area contributed by atoms with E-state index in [1.54, 1.807) is 19.2 Å². The molecule has 0 heterocycles. The Kier molecular flexibility index (Phi) is 7.92. The van der Waals surface area contributed by atoms with E-state index in [0.717, 1.165) is 23.1 Å². The zero-order valence-electron chi connectivity index (χ0n) is 19.3. The van der Waals surface area contributed by atoms with E-state index in [2.05, 4.69) is 37.4 Å². The number of halogens is 1. The minimum absolute atomic E-state index is 0.0129. The molecule has 1 amide bonds. The summed E-state index contributed by atoms with van der Waals surface area (Å²) in [6.07, 6.45) is 2.92. The summed E-state index contributed by atoms with van der Waals surface area (Å²) in [6, 6.07) is 19.5. The van der Waals surface area contributed by atoms with Crippen molar-refractivity contribution in [3.8, 4) is 11.8 Å². The number of nitrogens with zero attached hydrogens (tertiary/aromatic N) is 1. The van der Waals surface area contributed by atoms with Crippen LogP contribution in [0.2, 0.25) is 5.02 Å². The number of nitriles is 1. The number of ether oxygens (including phenoxy) is 1. The summed E-state index contributed by atoms with van der Waals surface area (Å²) < 4.78 is 5.60. The summed E-state index contributed by atoms with van der Waals surface area (Å²) in [5.41, 5.74) is 6.69. The molecule has 168 valence electrons. The molecule has 0 saturated heterocycles. The Hall–Kier alpha value is -3.55. The zero-order chi connectivity index (χ0) is 24.0. The van der Waals surface area contributed by atoms with Crippen molar-refractivity contribution in [3.05, 3.63) is 98.6 Å². The highest BCUT2D eigenvalue weighted by Gasteiger charge is 2.15. The number of hydrogen-bond donors (Lipinski definition) is 1. The number of carbonyl (C=O) groups excluding carboxylic acids is 1. The van der Waals surface area contributed by atoms with E-state index in [4.69, 9.17) is 16.3 Å². The average molecular weight is 459 g/mol. The second kappa shape index (κ2) is 10.8. The molecule has 0 unspecified atom stereocenters. The lowest BCUT2D eigenvalue weighted by Gasteiger charge is -2.13.